The third kappa shape index (κ3) is 4.90. The van der Waals surface area contributed by atoms with Gasteiger partial charge in [0.15, 0.2) is 0 Å². The Bertz CT molecular complexity index is 486. The molecule has 1 aliphatic heterocycles. The van der Waals surface area contributed by atoms with Gasteiger partial charge >= 0.3 is 0 Å². The number of hydrogen-bond donors (Lipinski definition) is 1. The van der Waals surface area contributed by atoms with Crippen molar-refractivity contribution in [3.05, 3.63) is 47.3 Å². The summed E-state index contributed by atoms with van der Waals surface area (Å²) in [6, 6.07) is 7.08. The van der Waals surface area contributed by atoms with Crippen molar-refractivity contribution in [2.24, 2.45) is 0 Å². The molecule has 0 aliphatic carbocycles. The predicted molar refractivity (Wildman–Crippen MR) is 88.2 cm³/mol. The van der Waals surface area contributed by atoms with E-state index >= 15 is 0 Å². The van der Waals surface area contributed by atoms with Crippen LogP contribution in [0.15, 0.2) is 35.9 Å². The first kappa shape index (κ1) is 17.1. The summed E-state index contributed by atoms with van der Waals surface area (Å²) in [6.07, 6.45) is 2.94. The number of aliphatic hydroxyl groups is 1. The van der Waals surface area contributed by atoms with Crippen molar-refractivity contribution in [3.8, 4) is 0 Å². The smallest absolute Gasteiger partial charge is 0.123 e. The Labute approximate surface area is 133 Å². The lowest BCUT2D eigenvalue weighted by atomic mass is 10.1. The molecule has 1 aromatic carbocycles. The van der Waals surface area contributed by atoms with E-state index in [1.54, 1.807) is 0 Å². The Morgan fingerprint density at radius 2 is 2.05 bits per heavy atom. The maximum atomic E-state index is 13.0. The van der Waals surface area contributed by atoms with E-state index in [4.69, 9.17) is 0 Å². The van der Waals surface area contributed by atoms with Crippen LogP contribution in [-0.2, 0) is 6.54 Å². The minimum absolute atomic E-state index is 0.192. The van der Waals surface area contributed by atoms with Crippen LogP contribution in [0.4, 0.5) is 4.39 Å². The fourth-order valence-electron chi connectivity index (χ4n) is 3.00. The first-order valence-corrected chi connectivity index (χ1v) is 8.06. The Balaban J connectivity index is 1.97. The summed E-state index contributed by atoms with van der Waals surface area (Å²) in [6.45, 7) is 9.27. The van der Waals surface area contributed by atoms with Gasteiger partial charge < -0.3 is 5.11 Å². The van der Waals surface area contributed by atoms with Gasteiger partial charge in [-0.1, -0.05) is 23.8 Å². The zero-order chi connectivity index (χ0) is 15.9. The lowest BCUT2D eigenvalue weighted by Crippen LogP contribution is -2.53. The molecule has 22 heavy (non-hydrogen) atoms. The highest BCUT2D eigenvalue weighted by molar-refractivity contribution is 5.16. The van der Waals surface area contributed by atoms with Gasteiger partial charge in [-0.05, 0) is 38.0 Å². The summed E-state index contributed by atoms with van der Waals surface area (Å²) in [5.41, 5.74) is 2.51. The summed E-state index contributed by atoms with van der Waals surface area (Å²) < 4.78 is 13.0. The number of hydrogen-bond acceptors (Lipinski definition) is 3. The second-order valence-electron chi connectivity index (χ2n) is 6.13. The van der Waals surface area contributed by atoms with Crippen molar-refractivity contribution in [3.63, 3.8) is 0 Å². The van der Waals surface area contributed by atoms with Crippen LogP contribution in [0.5, 0.6) is 0 Å². The molecular weight excluding hydrogens is 279 g/mol. The van der Waals surface area contributed by atoms with E-state index in [9.17, 15) is 9.50 Å². The van der Waals surface area contributed by atoms with E-state index in [1.165, 1.54) is 17.7 Å². The summed E-state index contributed by atoms with van der Waals surface area (Å²) >= 11 is 0. The number of benzene rings is 1. The van der Waals surface area contributed by atoms with Crippen LogP contribution in [0.1, 0.15) is 25.8 Å². The Kier molecular flexibility index (Phi) is 6.55. The molecular formula is C18H27FN2O. The number of rotatable bonds is 6. The summed E-state index contributed by atoms with van der Waals surface area (Å²) in [7, 11) is 0. The Morgan fingerprint density at radius 1 is 1.32 bits per heavy atom. The molecule has 1 fully saturated rings. The van der Waals surface area contributed by atoms with E-state index < -0.39 is 0 Å². The van der Waals surface area contributed by atoms with Gasteiger partial charge in [-0.15, -0.1) is 0 Å². The fraction of sp³-hybridized carbons (Fsp3) is 0.556. The maximum absolute atomic E-state index is 13.0. The zero-order valence-corrected chi connectivity index (χ0v) is 13.6. The lowest BCUT2D eigenvalue weighted by Gasteiger charge is -2.41. The first-order valence-electron chi connectivity index (χ1n) is 8.06. The third-order valence-corrected chi connectivity index (χ3v) is 4.42. The van der Waals surface area contributed by atoms with Gasteiger partial charge in [0, 0.05) is 45.4 Å². The Morgan fingerprint density at radius 3 is 2.68 bits per heavy atom. The lowest BCUT2D eigenvalue weighted by molar-refractivity contribution is 0.0584. The van der Waals surface area contributed by atoms with Gasteiger partial charge in [-0.25, -0.2) is 4.39 Å². The molecule has 0 radical (unpaired) electrons. The minimum Gasteiger partial charge on any atom is -0.396 e. The van der Waals surface area contributed by atoms with E-state index in [0.717, 1.165) is 44.7 Å². The average Bonchev–Trinajstić information content (AvgIpc) is 2.52. The second-order valence-corrected chi connectivity index (χ2v) is 6.13. The molecule has 1 heterocycles. The van der Waals surface area contributed by atoms with E-state index in [0.29, 0.717) is 6.04 Å². The fourth-order valence-corrected chi connectivity index (χ4v) is 3.00. The van der Waals surface area contributed by atoms with Crippen LogP contribution in [-0.4, -0.2) is 53.7 Å². The molecule has 1 saturated heterocycles. The van der Waals surface area contributed by atoms with Gasteiger partial charge in [-0.2, -0.15) is 0 Å². The molecule has 1 aliphatic rings. The SMILES string of the molecule is C/C=C(\C)CN1CCN(Cc2ccc(F)cc2)[C@H](CCO)C1. The zero-order valence-electron chi connectivity index (χ0n) is 13.6. The van der Waals surface area contributed by atoms with Gasteiger partial charge in [-0.3, -0.25) is 9.80 Å². The number of aliphatic hydroxyl groups excluding tert-OH is 1. The Hall–Kier alpha value is -1.23. The topological polar surface area (TPSA) is 26.7 Å². The highest BCUT2D eigenvalue weighted by atomic mass is 19.1. The molecule has 0 unspecified atom stereocenters. The standard InChI is InChI=1S/C18H27FN2O/c1-3-15(2)12-20-9-10-21(18(14-20)8-11-22)13-16-4-6-17(19)7-5-16/h3-7,18,22H,8-14H2,1-2H3/b15-3+/t18-/m1/s1. The van der Waals surface area contributed by atoms with Crippen LogP contribution in [0.2, 0.25) is 0 Å². The molecule has 0 spiro atoms. The molecule has 2 rings (SSSR count). The molecule has 0 bridgehead atoms. The van der Waals surface area contributed by atoms with Crippen LogP contribution in [0, 0.1) is 5.82 Å². The number of allylic oxidation sites excluding steroid dienone is 1. The third-order valence-electron chi connectivity index (χ3n) is 4.42. The van der Waals surface area contributed by atoms with Crippen molar-refractivity contribution in [2.45, 2.75) is 32.9 Å². The predicted octanol–water partition coefficient (Wildman–Crippen LogP) is 2.66. The van der Waals surface area contributed by atoms with Gasteiger partial charge in [0.1, 0.15) is 5.82 Å². The van der Waals surface area contributed by atoms with Gasteiger partial charge in [0.25, 0.3) is 0 Å². The molecule has 122 valence electrons. The van der Waals surface area contributed by atoms with E-state index in [-0.39, 0.29) is 12.4 Å². The normalized spacial score (nSPS) is 21.3. The molecule has 0 aromatic heterocycles. The maximum Gasteiger partial charge on any atom is 0.123 e. The summed E-state index contributed by atoms with van der Waals surface area (Å²) in [5.74, 6) is -0.192. The molecule has 0 saturated carbocycles. The summed E-state index contributed by atoms with van der Waals surface area (Å²) in [5, 5.41) is 9.35. The highest BCUT2D eigenvalue weighted by Gasteiger charge is 2.26. The first-order chi connectivity index (χ1) is 10.6. The van der Waals surface area contributed by atoms with E-state index in [1.807, 2.05) is 12.1 Å². The largest absolute Gasteiger partial charge is 0.396 e. The van der Waals surface area contributed by atoms with Crippen molar-refractivity contribution in [1.29, 1.82) is 0 Å². The van der Waals surface area contributed by atoms with Crippen LogP contribution >= 0.6 is 0 Å². The molecule has 0 amide bonds. The van der Waals surface area contributed by atoms with Crippen molar-refractivity contribution >= 4 is 0 Å². The van der Waals surface area contributed by atoms with Crippen LogP contribution in [0.3, 0.4) is 0 Å². The minimum atomic E-state index is -0.192. The number of nitrogens with zero attached hydrogens (tertiary/aromatic N) is 2. The molecule has 3 nitrogen and oxygen atoms in total. The summed E-state index contributed by atoms with van der Waals surface area (Å²) in [4.78, 5) is 4.86. The second kappa shape index (κ2) is 8.42. The van der Waals surface area contributed by atoms with E-state index in [2.05, 4.69) is 29.7 Å². The molecule has 1 atom stereocenters. The quantitative estimate of drug-likeness (QED) is 0.819. The number of halogens is 1. The van der Waals surface area contributed by atoms with Gasteiger partial charge in [0.2, 0.25) is 0 Å². The van der Waals surface area contributed by atoms with Gasteiger partial charge in [0.05, 0.1) is 0 Å². The van der Waals surface area contributed by atoms with Crippen molar-refractivity contribution < 1.29 is 9.50 Å². The van der Waals surface area contributed by atoms with Crippen LogP contribution in [0.25, 0.3) is 0 Å². The number of piperazine rings is 1. The molecule has 4 heteroatoms. The average molecular weight is 306 g/mol. The highest BCUT2D eigenvalue weighted by Crippen LogP contribution is 2.17. The van der Waals surface area contributed by atoms with Crippen LogP contribution < -0.4 is 0 Å². The van der Waals surface area contributed by atoms with Crippen molar-refractivity contribution in [2.75, 3.05) is 32.8 Å². The van der Waals surface area contributed by atoms with Crippen molar-refractivity contribution in [1.82, 2.24) is 9.80 Å². The molecule has 1 N–H and O–H groups in total. The molecule has 1 aromatic rings. The monoisotopic (exact) mass is 306 g/mol.